The minimum atomic E-state index is -0.837. The van der Waals surface area contributed by atoms with Crippen LogP contribution >= 0.6 is 0 Å². The molecule has 103 heavy (non-hydrogen) atoms. The number of nitrogens with zero attached hydrogens (tertiary/aromatic N) is 6. The monoisotopic (exact) mass is 1410 g/mol. The number of amides is 9. The van der Waals surface area contributed by atoms with Gasteiger partial charge in [0.15, 0.2) is 5.75 Å². The van der Waals surface area contributed by atoms with Crippen LogP contribution in [0.25, 0.3) is 11.1 Å². The highest BCUT2D eigenvalue weighted by Gasteiger charge is 2.31. The van der Waals surface area contributed by atoms with Crippen LogP contribution in [-0.4, -0.2) is 167 Å². The van der Waals surface area contributed by atoms with Gasteiger partial charge < -0.3 is 76.8 Å². The van der Waals surface area contributed by atoms with Crippen molar-refractivity contribution >= 4 is 87.0 Å². The minimum Gasteiger partial charge on any atom is -0.492 e. The molecule has 0 aliphatic carbocycles. The quantitative estimate of drug-likeness (QED) is 0.00843. The molecule has 9 N–H and O–H groups in total. The molecule has 0 atom stereocenters. The van der Waals surface area contributed by atoms with E-state index in [-0.39, 0.29) is 145 Å². The number of anilines is 6. The number of hydrogen-bond acceptors (Lipinski definition) is 18. The lowest BCUT2D eigenvalue weighted by atomic mass is 9.92. The van der Waals surface area contributed by atoms with Crippen molar-refractivity contribution in [2.45, 2.75) is 40.0 Å². The average molecular weight is 1410 g/mol. The molecule has 7 rings (SSSR count). The molecule has 30 nitrogen and oxygen atoms in total. The fourth-order valence-electron chi connectivity index (χ4n) is 10.0. The van der Waals surface area contributed by atoms with Crippen LogP contribution in [0, 0.1) is 54.0 Å². The van der Waals surface area contributed by atoms with E-state index in [1.54, 1.807) is 20.8 Å². The van der Waals surface area contributed by atoms with Gasteiger partial charge in [0.1, 0.15) is 22.6 Å². The van der Waals surface area contributed by atoms with Crippen molar-refractivity contribution in [1.29, 1.82) is 0 Å². The van der Waals surface area contributed by atoms with Crippen LogP contribution < -0.4 is 62.1 Å². The predicted octanol–water partition coefficient (Wildman–Crippen LogP) is 11.1. The van der Waals surface area contributed by atoms with Gasteiger partial charge in [-0.05, 0) is 193 Å². The van der Waals surface area contributed by atoms with Crippen LogP contribution in [0.2, 0.25) is 0 Å². The Hall–Kier alpha value is -12.6. The molecule has 9 amide bonds. The number of nitro benzene ring substituents is 3. The fourth-order valence-corrected chi connectivity index (χ4v) is 10.0. The lowest BCUT2D eigenvalue weighted by Gasteiger charge is -2.24. The minimum absolute atomic E-state index is 0.0343. The maximum Gasteiger partial charge on any atom is 0.323 e. The summed E-state index contributed by atoms with van der Waals surface area (Å²) in [6, 6.07) is 26.2. The van der Waals surface area contributed by atoms with E-state index in [2.05, 4.69) is 71.5 Å². The van der Waals surface area contributed by atoms with Gasteiger partial charge in [-0.2, -0.15) is 0 Å². The molecular formula is C73H81N15O15. The normalized spacial score (nSPS) is 10.6. The highest BCUT2D eigenvalue weighted by molar-refractivity contribution is 6.07. The van der Waals surface area contributed by atoms with Crippen LogP contribution in [0.5, 0.6) is 17.2 Å². The molecule has 0 saturated heterocycles. The number of rotatable bonds is 31. The lowest BCUT2D eigenvalue weighted by Crippen LogP contribution is -2.27. The fraction of sp³-hybridized carbons (Fsp3) is 0.288. The van der Waals surface area contributed by atoms with E-state index in [1.165, 1.54) is 127 Å². The van der Waals surface area contributed by atoms with Crippen molar-refractivity contribution in [3.8, 4) is 52.1 Å². The molecule has 0 bridgehead atoms. The number of hydrogen-bond donors (Lipinski definition) is 9. The second-order valence-corrected chi connectivity index (χ2v) is 23.6. The van der Waals surface area contributed by atoms with Crippen LogP contribution in [0.3, 0.4) is 0 Å². The zero-order valence-corrected chi connectivity index (χ0v) is 58.4. The van der Waals surface area contributed by atoms with Crippen molar-refractivity contribution in [2.24, 2.45) is 0 Å². The summed E-state index contributed by atoms with van der Waals surface area (Å²) in [6.45, 7) is 7.70. The molecule has 0 aliphatic rings. The van der Waals surface area contributed by atoms with Gasteiger partial charge in [-0.25, -0.2) is 14.4 Å². The van der Waals surface area contributed by atoms with Gasteiger partial charge >= 0.3 is 18.1 Å². The molecular weight excluding hydrogens is 1330 g/mol. The second-order valence-electron chi connectivity index (χ2n) is 23.6. The number of nitro groups is 3. The Bertz CT molecular complexity index is 4190. The Balaban J connectivity index is 1.56. The SMILES string of the molecule is CCOc1c(C#Cc2cc(C(=O)NCCCN(C)C)ccc2NC(=O)Nc2ccc([N+](=O)[O-])cc2)c(OCC)c(-c2cc(C(=O)NCCCN(C)C)ccc2NC(=O)Nc2ccc([N+](=O)[O-])cc2)c(OCC)c1C#Cc1cc(C(=O)NCCCN(C)C)ccc1NC(=O)Nc1ccc([N+](=O)[O-])cc1. The summed E-state index contributed by atoms with van der Waals surface area (Å²) in [5.74, 6) is 11.1. The molecule has 7 aromatic rings. The molecule has 0 heterocycles. The smallest absolute Gasteiger partial charge is 0.323 e. The molecule has 0 saturated carbocycles. The number of urea groups is 3. The molecule has 0 aromatic heterocycles. The molecule has 7 aromatic carbocycles. The van der Waals surface area contributed by atoms with Gasteiger partial charge in [0.05, 0.1) is 57.2 Å². The van der Waals surface area contributed by atoms with Gasteiger partial charge in [-0.1, -0.05) is 23.7 Å². The number of ether oxygens (including phenoxy) is 3. The first-order valence-corrected chi connectivity index (χ1v) is 32.7. The van der Waals surface area contributed by atoms with Gasteiger partial charge in [-0.3, -0.25) is 44.7 Å². The Labute approximate surface area is 595 Å². The maximum absolute atomic E-state index is 14.4. The number of nitrogens with one attached hydrogen (secondary N) is 9. The molecule has 0 aliphatic heterocycles. The second kappa shape index (κ2) is 38.1. The number of benzene rings is 7. The molecule has 30 heteroatoms. The molecule has 0 unspecified atom stereocenters. The zero-order valence-electron chi connectivity index (χ0n) is 58.4. The van der Waals surface area contributed by atoms with Crippen molar-refractivity contribution < 1.29 is 57.7 Å². The van der Waals surface area contributed by atoms with Crippen molar-refractivity contribution in [3.63, 3.8) is 0 Å². The maximum atomic E-state index is 14.4. The average Bonchev–Trinajstić information content (AvgIpc) is 0.745. The summed E-state index contributed by atoms with van der Waals surface area (Å²) in [4.78, 5) is 123. The van der Waals surface area contributed by atoms with Crippen molar-refractivity contribution in [2.75, 3.05) is 133 Å². The van der Waals surface area contributed by atoms with Crippen molar-refractivity contribution in [1.82, 2.24) is 30.7 Å². The summed E-state index contributed by atoms with van der Waals surface area (Å²) in [6.07, 6.45) is 1.81. The Morgan fingerprint density at radius 3 is 1.00 bits per heavy atom. The van der Waals surface area contributed by atoms with E-state index in [0.717, 1.165) is 0 Å². The first kappa shape index (κ1) is 77.7. The van der Waals surface area contributed by atoms with Crippen LogP contribution in [0.1, 0.15) is 93.4 Å². The largest absolute Gasteiger partial charge is 0.492 e. The predicted molar refractivity (Wildman–Crippen MR) is 394 cm³/mol. The summed E-state index contributed by atoms with van der Waals surface area (Å²) in [5.41, 5.74) is 0.631. The third kappa shape index (κ3) is 23.0. The third-order valence-electron chi connectivity index (χ3n) is 14.9. The summed E-state index contributed by atoms with van der Waals surface area (Å²) in [5, 5.41) is 59.8. The molecule has 0 spiro atoms. The highest BCUT2D eigenvalue weighted by atomic mass is 16.6. The van der Waals surface area contributed by atoms with E-state index >= 15 is 0 Å². The Morgan fingerprint density at radius 1 is 0.388 bits per heavy atom. The Morgan fingerprint density at radius 2 is 0.689 bits per heavy atom. The topological polar surface area (TPSA) is 378 Å². The van der Waals surface area contributed by atoms with Gasteiger partial charge in [0.2, 0.25) is 0 Å². The van der Waals surface area contributed by atoms with Crippen LogP contribution in [0.4, 0.5) is 65.6 Å². The van der Waals surface area contributed by atoms with Gasteiger partial charge in [0, 0.05) is 106 Å². The first-order chi connectivity index (χ1) is 49.4. The summed E-state index contributed by atoms with van der Waals surface area (Å²) < 4.78 is 20.1. The van der Waals surface area contributed by atoms with Crippen LogP contribution in [-0.2, 0) is 0 Å². The van der Waals surface area contributed by atoms with E-state index < -0.39 is 50.6 Å². The molecule has 538 valence electrons. The zero-order chi connectivity index (χ0) is 74.7. The highest BCUT2D eigenvalue weighted by Crippen LogP contribution is 2.51. The van der Waals surface area contributed by atoms with Crippen LogP contribution in [0.15, 0.2) is 127 Å². The summed E-state index contributed by atoms with van der Waals surface area (Å²) >= 11 is 0. The van der Waals surface area contributed by atoms with Gasteiger partial charge in [0.25, 0.3) is 34.8 Å². The van der Waals surface area contributed by atoms with E-state index in [9.17, 15) is 59.1 Å². The van der Waals surface area contributed by atoms with E-state index in [4.69, 9.17) is 14.2 Å². The molecule has 0 fully saturated rings. The number of carbonyl (C=O) groups is 6. The summed E-state index contributed by atoms with van der Waals surface area (Å²) in [7, 11) is 11.4. The van der Waals surface area contributed by atoms with E-state index in [0.29, 0.717) is 52.0 Å². The number of non-ortho nitro benzene ring substituents is 3. The first-order valence-electron chi connectivity index (χ1n) is 32.7. The van der Waals surface area contributed by atoms with Gasteiger partial charge in [-0.15, -0.1) is 0 Å². The third-order valence-corrected chi connectivity index (χ3v) is 14.9. The standard InChI is InChI=1S/C73H81N15O15/c1-10-101-65-58(33-16-47-44-49(68(89)74-38-13-41-83(4)5)18-35-61(47)80-71(92)77-52-21-27-55(28-22-52)86(95)96)66(102-11-2)64(60-46-51(70(91)76-40-15-43-85(8)9)20-37-63(60)82-73(94)79-54-25-31-57(32-26-54)88(99)100)67(103-12-3)59(65)34-17-48-45-50(69(90)75-39-14-42-84(6)7)19-36-62(48)81-72(93)78-53-23-29-56(30-24-53)87(97)98/h18-32,35-37,44-46H,10-15,38-43H2,1-9H3,(H,74,89)(H,75,90)(H,76,91)(H2,77,80,92)(H2,78,81,93)(H2,79,82,94). The lowest BCUT2D eigenvalue weighted by molar-refractivity contribution is -0.385. The molecule has 0 radical (unpaired) electrons. The Kier molecular flexibility index (Phi) is 28.7. The number of carbonyl (C=O) groups excluding carboxylic acids is 6. The van der Waals surface area contributed by atoms with Crippen molar-refractivity contribution in [3.05, 3.63) is 197 Å². The van der Waals surface area contributed by atoms with E-state index in [1.807, 2.05) is 57.0 Å².